The van der Waals surface area contributed by atoms with E-state index in [0.717, 1.165) is 5.52 Å². The monoisotopic (exact) mass is 222 g/mol. The molecule has 0 radical (unpaired) electrons. The van der Waals surface area contributed by atoms with Crippen LogP contribution in [0.15, 0.2) is 23.0 Å². The molecular formula is C11H11ClN2O. The van der Waals surface area contributed by atoms with Crippen molar-refractivity contribution < 1.29 is 0 Å². The third kappa shape index (κ3) is 1.88. The summed E-state index contributed by atoms with van der Waals surface area (Å²) in [6.45, 7) is 3.89. The third-order valence-corrected chi connectivity index (χ3v) is 2.46. The molecule has 0 amide bonds. The van der Waals surface area contributed by atoms with Crippen molar-refractivity contribution in [2.24, 2.45) is 0 Å². The number of benzene rings is 1. The Hall–Kier alpha value is -1.35. The average molecular weight is 223 g/mol. The number of hydrogen-bond donors (Lipinski definition) is 1. The Balaban J connectivity index is 2.76. The maximum Gasteiger partial charge on any atom is 0.270 e. The van der Waals surface area contributed by atoms with E-state index in [-0.39, 0.29) is 11.5 Å². The summed E-state index contributed by atoms with van der Waals surface area (Å²) in [5.41, 5.74) is 1.86. The highest BCUT2D eigenvalue weighted by Gasteiger charge is 2.08. The second kappa shape index (κ2) is 3.66. The largest absolute Gasteiger partial charge is 0.319 e. The van der Waals surface area contributed by atoms with E-state index in [1.54, 1.807) is 18.2 Å². The molecule has 0 spiro atoms. The summed E-state index contributed by atoms with van der Waals surface area (Å²) in [7, 11) is 0. The van der Waals surface area contributed by atoms with Crippen molar-refractivity contribution in [3.63, 3.8) is 0 Å². The van der Waals surface area contributed by atoms with Gasteiger partial charge < -0.3 is 4.98 Å². The van der Waals surface area contributed by atoms with Crippen LogP contribution in [0.1, 0.15) is 25.5 Å². The van der Waals surface area contributed by atoms with E-state index in [4.69, 9.17) is 11.6 Å². The molecule has 0 unspecified atom stereocenters. The van der Waals surface area contributed by atoms with E-state index in [1.165, 1.54) is 0 Å². The predicted molar refractivity (Wildman–Crippen MR) is 61.5 cm³/mol. The Labute approximate surface area is 92.1 Å². The average Bonchev–Trinajstić information content (AvgIpc) is 2.15. The van der Waals surface area contributed by atoms with E-state index >= 15 is 0 Å². The highest BCUT2D eigenvalue weighted by atomic mass is 35.5. The number of rotatable bonds is 1. The predicted octanol–water partition coefficient (Wildman–Crippen LogP) is 2.70. The molecule has 1 N–H and O–H groups in total. The highest BCUT2D eigenvalue weighted by molar-refractivity contribution is 6.31. The molecule has 1 aromatic carbocycles. The van der Waals surface area contributed by atoms with Crippen molar-refractivity contribution in [2.45, 2.75) is 19.8 Å². The molecule has 0 saturated heterocycles. The second-order valence-corrected chi connectivity index (χ2v) is 4.20. The summed E-state index contributed by atoms with van der Waals surface area (Å²) in [5.74, 6) is 0.119. The Morgan fingerprint density at radius 1 is 1.40 bits per heavy atom. The lowest BCUT2D eigenvalue weighted by Gasteiger charge is -2.04. The van der Waals surface area contributed by atoms with Crippen LogP contribution in [-0.4, -0.2) is 9.97 Å². The molecule has 1 heterocycles. The van der Waals surface area contributed by atoms with Crippen LogP contribution < -0.4 is 5.56 Å². The van der Waals surface area contributed by atoms with E-state index in [9.17, 15) is 4.79 Å². The minimum absolute atomic E-state index is 0.119. The maximum absolute atomic E-state index is 11.6. The SMILES string of the molecule is CC(C)c1nc2ccc(Cl)cc2[nH]c1=O. The first kappa shape index (κ1) is 10.2. The van der Waals surface area contributed by atoms with Crippen LogP contribution in [0.25, 0.3) is 11.0 Å². The molecule has 0 atom stereocenters. The molecule has 4 heteroatoms. The van der Waals surface area contributed by atoms with Gasteiger partial charge in [-0.2, -0.15) is 0 Å². The van der Waals surface area contributed by atoms with Gasteiger partial charge in [-0.05, 0) is 18.2 Å². The van der Waals surface area contributed by atoms with Gasteiger partial charge in [0.1, 0.15) is 5.69 Å². The van der Waals surface area contributed by atoms with Crippen LogP contribution in [0.5, 0.6) is 0 Å². The van der Waals surface area contributed by atoms with Crippen molar-refractivity contribution in [3.05, 3.63) is 39.3 Å². The molecule has 2 rings (SSSR count). The molecule has 0 fully saturated rings. The quantitative estimate of drug-likeness (QED) is 0.807. The number of halogens is 1. The van der Waals surface area contributed by atoms with Gasteiger partial charge in [0.2, 0.25) is 0 Å². The first-order chi connectivity index (χ1) is 7.08. The Bertz CT molecular complexity index is 560. The molecule has 0 aliphatic heterocycles. The van der Waals surface area contributed by atoms with Gasteiger partial charge in [0.05, 0.1) is 11.0 Å². The minimum Gasteiger partial charge on any atom is -0.319 e. The molecular weight excluding hydrogens is 212 g/mol. The number of H-pyrrole nitrogens is 1. The Morgan fingerprint density at radius 3 is 2.80 bits per heavy atom. The number of fused-ring (bicyclic) bond motifs is 1. The standard InChI is InChI=1S/C11H11ClN2O/c1-6(2)10-11(15)14-9-5-7(12)3-4-8(9)13-10/h3-6H,1-2H3,(H,14,15). The van der Waals surface area contributed by atoms with Gasteiger partial charge in [-0.25, -0.2) is 4.98 Å². The summed E-state index contributed by atoms with van der Waals surface area (Å²) in [5, 5.41) is 0.595. The first-order valence-electron chi connectivity index (χ1n) is 4.77. The van der Waals surface area contributed by atoms with Crippen LogP contribution >= 0.6 is 11.6 Å². The lowest BCUT2D eigenvalue weighted by atomic mass is 10.1. The molecule has 0 saturated carbocycles. The fraction of sp³-hybridized carbons (Fsp3) is 0.273. The van der Waals surface area contributed by atoms with Crippen LogP contribution in [0.2, 0.25) is 5.02 Å². The summed E-state index contributed by atoms with van der Waals surface area (Å²) < 4.78 is 0. The van der Waals surface area contributed by atoms with Crippen molar-refractivity contribution >= 4 is 22.6 Å². The van der Waals surface area contributed by atoms with Crippen LogP contribution in [0.4, 0.5) is 0 Å². The lowest BCUT2D eigenvalue weighted by Crippen LogP contribution is -2.16. The summed E-state index contributed by atoms with van der Waals surface area (Å²) in [4.78, 5) is 18.7. The van der Waals surface area contributed by atoms with Gasteiger partial charge >= 0.3 is 0 Å². The molecule has 2 aromatic rings. The van der Waals surface area contributed by atoms with Crippen molar-refractivity contribution in [2.75, 3.05) is 0 Å². The van der Waals surface area contributed by atoms with Gasteiger partial charge in [-0.15, -0.1) is 0 Å². The topological polar surface area (TPSA) is 45.8 Å². The van der Waals surface area contributed by atoms with Gasteiger partial charge in [0.25, 0.3) is 5.56 Å². The van der Waals surface area contributed by atoms with Gasteiger partial charge in [-0.3, -0.25) is 4.79 Å². The number of hydrogen-bond acceptors (Lipinski definition) is 2. The number of aromatic amines is 1. The highest BCUT2D eigenvalue weighted by Crippen LogP contribution is 2.16. The zero-order valence-electron chi connectivity index (χ0n) is 8.54. The van der Waals surface area contributed by atoms with Crippen molar-refractivity contribution in [3.8, 4) is 0 Å². The van der Waals surface area contributed by atoms with E-state index in [2.05, 4.69) is 9.97 Å². The zero-order chi connectivity index (χ0) is 11.0. The molecule has 0 aliphatic carbocycles. The van der Waals surface area contributed by atoms with E-state index in [1.807, 2.05) is 13.8 Å². The zero-order valence-corrected chi connectivity index (χ0v) is 9.30. The summed E-state index contributed by atoms with van der Waals surface area (Å²) in [6.07, 6.45) is 0. The van der Waals surface area contributed by atoms with Crippen molar-refractivity contribution in [1.29, 1.82) is 0 Å². The maximum atomic E-state index is 11.6. The van der Waals surface area contributed by atoms with Crippen molar-refractivity contribution in [1.82, 2.24) is 9.97 Å². The second-order valence-electron chi connectivity index (χ2n) is 3.77. The fourth-order valence-electron chi connectivity index (χ4n) is 1.46. The van der Waals surface area contributed by atoms with Crippen LogP contribution in [-0.2, 0) is 0 Å². The van der Waals surface area contributed by atoms with Gasteiger partial charge in [0, 0.05) is 10.9 Å². The van der Waals surface area contributed by atoms with Crippen LogP contribution in [0.3, 0.4) is 0 Å². The van der Waals surface area contributed by atoms with Gasteiger partial charge in [0.15, 0.2) is 0 Å². The Kier molecular flexibility index (Phi) is 2.49. The van der Waals surface area contributed by atoms with E-state index < -0.39 is 0 Å². The number of nitrogens with zero attached hydrogens (tertiary/aromatic N) is 1. The third-order valence-electron chi connectivity index (χ3n) is 2.23. The molecule has 0 bridgehead atoms. The molecule has 3 nitrogen and oxygen atoms in total. The molecule has 78 valence electrons. The first-order valence-corrected chi connectivity index (χ1v) is 5.15. The normalized spacial score (nSPS) is 11.2. The number of nitrogens with one attached hydrogen (secondary N) is 1. The fourth-order valence-corrected chi connectivity index (χ4v) is 1.64. The lowest BCUT2D eigenvalue weighted by molar-refractivity contribution is 0.807. The number of aromatic nitrogens is 2. The van der Waals surface area contributed by atoms with E-state index in [0.29, 0.717) is 16.2 Å². The van der Waals surface area contributed by atoms with Crippen LogP contribution in [0, 0.1) is 0 Å². The summed E-state index contributed by atoms with van der Waals surface area (Å²) in [6, 6.07) is 5.27. The molecule has 15 heavy (non-hydrogen) atoms. The smallest absolute Gasteiger partial charge is 0.270 e. The Morgan fingerprint density at radius 2 is 2.13 bits per heavy atom. The van der Waals surface area contributed by atoms with Gasteiger partial charge in [-0.1, -0.05) is 25.4 Å². The summed E-state index contributed by atoms with van der Waals surface area (Å²) >= 11 is 5.82. The molecule has 1 aromatic heterocycles. The minimum atomic E-state index is -0.139. The molecule has 0 aliphatic rings.